The lowest BCUT2D eigenvalue weighted by Crippen LogP contribution is -2.15. The monoisotopic (exact) mass is 466 g/mol. The van der Waals surface area contributed by atoms with Crippen LogP contribution >= 0.6 is 0 Å². The Hall–Kier alpha value is -3.32. The molecule has 0 bridgehead atoms. The first-order valence-electron chi connectivity index (χ1n) is 10.9. The Morgan fingerprint density at radius 2 is 1.67 bits per heavy atom. The summed E-state index contributed by atoms with van der Waals surface area (Å²) in [5.74, 6) is 0.705. The molecule has 7 heteroatoms. The average Bonchev–Trinajstić information content (AvgIpc) is 2.76. The second kappa shape index (κ2) is 10.5. The van der Waals surface area contributed by atoms with Gasteiger partial charge in [0.05, 0.1) is 22.8 Å². The van der Waals surface area contributed by atoms with Crippen molar-refractivity contribution in [2.75, 3.05) is 16.6 Å². The normalized spacial score (nSPS) is 11.3. The number of para-hydroxylation sites is 1. The molecule has 0 heterocycles. The zero-order valence-electron chi connectivity index (χ0n) is 19.4. The molecule has 6 nitrogen and oxygen atoms in total. The van der Waals surface area contributed by atoms with Gasteiger partial charge in [0, 0.05) is 5.69 Å². The molecule has 0 atom stereocenters. The maximum Gasteiger partial charge on any atom is 0.261 e. The smallest absolute Gasteiger partial charge is 0.261 e. The van der Waals surface area contributed by atoms with Crippen LogP contribution in [0.2, 0.25) is 0 Å². The predicted molar refractivity (Wildman–Crippen MR) is 133 cm³/mol. The fourth-order valence-corrected chi connectivity index (χ4v) is 4.36. The Balaban J connectivity index is 1.70. The molecule has 0 unspecified atom stereocenters. The standard InChI is InChI=1S/C26H30N2O4S/c1-18(2)15-16-32-25-8-6-5-7-23(25)26(29)27-21-10-12-22(13-11-21)33(30,31)28-24-14-9-19(3)17-20(24)4/h5-14,17-18,28H,15-16H2,1-4H3,(H,27,29). The molecule has 3 aromatic rings. The molecule has 3 rings (SSSR count). The highest BCUT2D eigenvalue weighted by molar-refractivity contribution is 7.92. The number of carbonyl (C=O) groups is 1. The molecule has 0 saturated carbocycles. The molecular formula is C26H30N2O4S. The van der Waals surface area contributed by atoms with Crippen molar-refractivity contribution in [1.82, 2.24) is 0 Å². The van der Waals surface area contributed by atoms with Crippen LogP contribution in [0.15, 0.2) is 71.6 Å². The molecule has 0 fully saturated rings. The van der Waals surface area contributed by atoms with Gasteiger partial charge in [-0.1, -0.05) is 43.7 Å². The van der Waals surface area contributed by atoms with E-state index in [1.165, 1.54) is 12.1 Å². The van der Waals surface area contributed by atoms with Crippen molar-refractivity contribution < 1.29 is 17.9 Å². The topological polar surface area (TPSA) is 84.5 Å². The van der Waals surface area contributed by atoms with Crippen molar-refractivity contribution in [3.63, 3.8) is 0 Å². The highest BCUT2D eigenvalue weighted by Crippen LogP contribution is 2.23. The van der Waals surface area contributed by atoms with Crippen LogP contribution in [0.4, 0.5) is 11.4 Å². The number of ether oxygens (including phenoxy) is 1. The maximum atomic E-state index is 12.8. The molecule has 0 spiro atoms. The van der Waals surface area contributed by atoms with E-state index in [1.807, 2.05) is 32.0 Å². The van der Waals surface area contributed by atoms with Gasteiger partial charge in [-0.2, -0.15) is 0 Å². The third-order valence-electron chi connectivity index (χ3n) is 5.13. The van der Waals surface area contributed by atoms with E-state index in [2.05, 4.69) is 23.9 Å². The minimum Gasteiger partial charge on any atom is -0.493 e. The van der Waals surface area contributed by atoms with Gasteiger partial charge in [0.2, 0.25) is 0 Å². The van der Waals surface area contributed by atoms with Gasteiger partial charge in [0.15, 0.2) is 0 Å². The molecule has 33 heavy (non-hydrogen) atoms. The molecular weight excluding hydrogens is 436 g/mol. The summed E-state index contributed by atoms with van der Waals surface area (Å²) < 4.78 is 34.0. The van der Waals surface area contributed by atoms with Crippen molar-refractivity contribution in [2.45, 2.75) is 39.0 Å². The number of hydrogen-bond donors (Lipinski definition) is 2. The summed E-state index contributed by atoms with van der Waals surface area (Å²) >= 11 is 0. The van der Waals surface area contributed by atoms with E-state index in [1.54, 1.807) is 36.4 Å². The molecule has 0 aliphatic heterocycles. The van der Waals surface area contributed by atoms with E-state index in [4.69, 9.17) is 4.74 Å². The molecule has 2 N–H and O–H groups in total. The second-order valence-corrected chi connectivity index (χ2v) is 10.1. The van der Waals surface area contributed by atoms with E-state index in [0.29, 0.717) is 35.2 Å². The Bertz CT molecular complexity index is 1220. The molecule has 174 valence electrons. The second-order valence-electron chi connectivity index (χ2n) is 8.43. The van der Waals surface area contributed by atoms with Gasteiger partial charge in [0.25, 0.3) is 15.9 Å². The number of nitrogens with one attached hydrogen (secondary N) is 2. The molecule has 0 saturated heterocycles. The Kier molecular flexibility index (Phi) is 7.76. The van der Waals surface area contributed by atoms with Crippen molar-refractivity contribution in [3.05, 3.63) is 83.4 Å². The van der Waals surface area contributed by atoms with E-state index in [-0.39, 0.29) is 10.8 Å². The maximum absolute atomic E-state index is 12.8. The van der Waals surface area contributed by atoms with Crippen LogP contribution in [0.25, 0.3) is 0 Å². The first-order valence-corrected chi connectivity index (χ1v) is 12.4. The summed E-state index contributed by atoms with van der Waals surface area (Å²) in [6.45, 7) is 8.57. The quantitative estimate of drug-likeness (QED) is 0.419. The van der Waals surface area contributed by atoms with Gasteiger partial charge < -0.3 is 10.1 Å². The van der Waals surface area contributed by atoms with Crippen LogP contribution in [-0.4, -0.2) is 20.9 Å². The fourth-order valence-electron chi connectivity index (χ4n) is 3.23. The van der Waals surface area contributed by atoms with Crippen molar-refractivity contribution >= 4 is 27.3 Å². The summed E-state index contributed by atoms with van der Waals surface area (Å²) in [6, 6.07) is 18.7. The van der Waals surface area contributed by atoms with Crippen LogP contribution < -0.4 is 14.8 Å². The van der Waals surface area contributed by atoms with E-state index in [0.717, 1.165) is 17.5 Å². The molecule has 1 amide bonds. The third-order valence-corrected chi connectivity index (χ3v) is 6.51. The SMILES string of the molecule is Cc1ccc(NS(=O)(=O)c2ccc(NC(=O)c3ccccc3OCCC(C)C)cc2)c(C)c1. The van der Waals surface area contributed by atoms with Gasteiger partial charge in [0.1, 0.15) is 5.75 Å². The number of sulfonamides is 1. The van der Waals surface area contributed by atoms with E-state index in [9.17, 15) is 13.2 Å². The molecule has 0 aromatic heterocycles. The summed E-state index contributed by atoms with van der Waals surface area (Å²) in [7, 11) is -3.75. The summed E-state index contributed by atoms with van der Waals surface area (Å²) in [5.41, 5.74) is 3.35. The van der Waals surface area contributed by atoms with Crippen LogP contribution in [0.1, 0.15) is 41.8 Å². The molecule has 3 aromatic carbocycles. The third kappa shape index (κ3) is 6.58. The first-order chi connectivity index (χ1) is 15.7. The van der Waals surface area contributed by atoms with Crippen LogP contribution in [0.5, 0.6) is 5.75 Å². The number of amides is 1. The number of aryl methyl sites for hydroxylation is 2. The van der Waals surface area contributed by atoms with Crippen LogP contribution in [0, 0.1) is 19.8 Å². The van der Waals surface area contributed by atoms with Gasteiger partial charge in [-0.15, -0.1) is 0 Å². The number of rotatable bonds is 9. The summed E-state index contributed by atoms with van der Waals surface area (Å²) in [4.78, 5) is 12.9. The number of hydrogen-bond acceptors (Lipinski definition) is 4. The minimum absolute atomic E-state index is 0.109. The van der Waals surface area contributed by atoms with Gasteiger partial charge in [-0.25, -0.2) is 8.42 Å². The number of benzene rings is 3. The zero-order valence-corrected chi connectivity index (χ0v) is 20.2. The van der Waals surface area contributed by atoms with Crippen LogP contribution in [0.3, 0.4) is 0 Å². The number of carbonyl (C=O) groups excluding carboxylic acids is 1. The minimum atomic E-state index is -3.75. The zero-order chi connectivity index (χ0) is 24.0. The highest BCUT2D eigenvalue weighted by atomic mass is 32.2. The average molecular weight is 467 g/mol. The van der Waals surface area contributed by atoms with Crippen LogP contribution in [-0.2, 0) is 10.0 Å². The summed E-state index contributed by atoms with van der Waals surface area (Å²) in [5, 5.41) is 2.81. The fraction of sp³-hybridized carbons (Fsp3) is 0.269. The van der Waals surface area contributed by atoms with Gasteiger partial charge in [-0.3, -0.25) is 9.52 Å². The predicted octanol–water partition coefficient (Wildman–Crippen LogP) is 5.78. The number of anilines is 2. The van der Waals surface area contributed by atoms with Crippen molar-refractivity contribution in [1.29, 1.82) is 0 Å². The molecule has 0 aliphatic carbocycles. The Morgan fingerprint density at radius 1 is 0.970 bits per heavy atom. The largest absolute Gasteiger partial charge is 0.493 e. The van der Waals surface area contributed by atoms with E-state index < -0.39 is 10.0 Å². The highest BCUT2D eigenvalue weighted by Gasteiger charge is 2.17. The molecule has 0 aliphatic rings. The Morgan fingerprint density at radius 3 is 2.33 bits per heavy atom. The lowest BCUT2D eigenvalue weighted by Gasteiger charge is -2.13. The lowest BCUT2D eigenvalue weighted by atomic mass is 10.1. The van der Waals surface area contributed by atoms with Crippen molar-refractivity contribution in [3.8, 4) is 5.75 Å². The lowest BCUT2D eigenvalue weighted by molar-refractivity contribution is 0.102. The summed E-state index contributed by atoms with van der Waals surface area (Å²) in [6.07, 6.45) is 0.891. The van der Waals surface area contributed by atoms with Crippen molar-refractivity contribution in [2.24, 2.45) is 5.92 Å². The van der Waals surface area contributed by atoms with Gasteiger partial charge in [-0.05, 0) is 74.2 Å². The first kappa shape index (κ1) is 24.3. The van der Waals surface area contributed by atoms with Gasteiger partial charge >= 0.3 is 0 Å². The Labute approximate surface area is 196 Å². The van der Waals surface area contributed by atoms with E-state index >= 15 is 0 Å². The molecule has 0 radical (unpaired) electrons.